The highest BCUT2D eigenvalue weighted by Crippen LogP contribution is 2.25. The standard InChI is InChI=1S/C21H18FN5O2S/c1-13-7-9-15(10-8-13)27-14(2)25-26-21(27)30-12-19-23-18(11-29-19)20(28)24-17-6-4-3-5-16(17)22/h3-11H,12H2,1-2H3,(H,24,28). The van der Waals surface area contributed by atoms with Crippen molar-refractivity contribution in [3.8, 4) is 5.69 Å². The van der Waals surface area contributed by atoms with Gasteiger partial charge in [-0.15, -0.1) is 10.2 Å². The van der Waals surface area contributed by atoms with Gasteiger partial charge in [-0.25, -0.2) is 9.37 Å². The third-order valence-electron chi connectivity index (χ3n) is 4.32. The van der Waals surface area contributed by atoms with Gasteiger partial charge >= 0.3 is 0 Å². The van der Waals surface area contributed by atoms with E-state index in [9.17, 15) is 9.18 Å². The van der Waals surface area contributed by atoms with E-state index >= 15 is 0 Å². The van der Waals surface area contributed by atoms with E-state index in [-0.39, 0.29) is 11.4 Å². The molecule has 2 aromatic carbocycles. The lowest BCUT2D eigenvalue weighted by atomic mass is 10.2. The zero-order chi connectivity index (χ0) is 21.1. The predicted octanol–water partition coefficient (Wildman–Crippen LogP) is 4.56. The summed E-state index contributed by atoms with van der Waals surface area (Å²) in [5, 5.41) is 11.5. The third kappa shape index (κ3) is 4.25. The molecule has 0 radical (unpaired) electrons. The zero-order valence-corrected chi connectivity index (χ0v) is 17.1. The monoisotopic (exact) mass is 423 g/mol. The molecule has 0 saturated carbocycles. The number of thioether (sulfide) groups is 1. The molecule has 152 valence electrons. The molecule has 0 spiro atoms. The molecule has 0 aliphatic heterocycles. The highest BCUT2D eigenvalue weighted by Gasteiger charge is 2.16. The number of nitrogens with one attached hydrogen (secondary N) is 1. The number of anilines is 1. The van der Waals surface area contributed by atoms with Crippen molar-refractivity contribution in [2.45, 2.75) is 24.8 Å². The molecule has 30 heavy (non-hydrogen) atoms. The normalized spacial score (nSPS) is 10.9. The largest absolute Gasteiger partial charge is 0.447 e. The van der Waals surface area contributed by atoms with Crippen LogP contribution in [-0.2, 0) is 5.75 Å². The highest BCUT2D eigenvalue weighted by molar-refractivity contribution is 7.98. The van der Waals surface area contributed by atoms with Crippen LogP contribution in [0.4, 0.5) is 10.1 Å². The number of benzene rings is 2. The average molecular weight is 423 g/mol. The van der Waals surface area contributed by atoms with E-state index in [0.717, 1.165) is 11.5 Å². The summed E-state index contributed by atoms with van der Waals surface area (Å²) in [7, 11) is 0. The van der Waals surface area contributed by atoms with E-state index in [1.807, 2.05) is 42.7 Å². The second-order valence-corrected chi connectivity index (χ2v) is 7.49. The van der Waals surface area contributed by atoms with E-state index < -0.39 is 11.7 Å². The van der Waals surface area contributed by atoms with Gasteiger partial charge in [0.1, 0.15) is 17.9 Å². The third-order valence-corrected chi connectivity index (χ3v) is 5.23. The summed E-state index contributed by atoms with van der Waals surface area (Å²) in [4.78, 5) is 16.5. The molecule has 4 rings (SSSR count). The van der Waals surface area contributed by atoms with E-state index in [2.05, 4.69) is 20.5 Å². The first kappa shape index (κ1) is 19.8. The number of aryl methyl sites for hydroxylation is 2. The molecule has 0 unspecified atom stereocenters. The van der Waals surface area contributed by atoms with Crippen molar-refractivity contribution in [2.75, 3.05) is 5.32 Å². The Labute approximate surface area is 176 Å². The number of rotatable bonds is 6. The fourth-order valence-corrected chi connectivity index (χ4v) is 3.63. The summed E-state index contributed by atoms with van der Waals surface area (Å²) in [5.74, 6) is 0.417. The summed E-state index contributed by atoms with van der Waals surface area (Å²) >= 11 is 1.39. The van der Waals surface area contributed by atoms with Crippen LogP contribution in [0, 0.1) is 19.7 Å². The van der Waals surface area contributed by atoms with Gasteiger partial charge in [0.15, 0.2) is 10.9 Å². The summed E-state index contributed by atoms with van der Waals surface area (Å²) in [6.07, 6.45) is 1.25. The summed E-state index contributed by atoms with van der Waals surface area (Å²) in [5.41, 5.74) is 2.29. The fraction of sp³-hybridized carbons (Fsp3) is 0.143. The van der Waals surface area contributed by atoms with Crippen LogP contribution in [0.5, 0.6) is 0 Å². The van der Waals surface area contributed by atoms with Gasteiger partial charge in [0.25, 0.3) is 5.91 Å². The SMILES string of the molecule is Cc1ccc(-n2c(C)nnc2SCc2nc(C(=O)Nc3ccccc3F)co2)cc1. The molecule has 0 atom stereocenters. The van der Waals surface area contributed by atoms with Crippen molar-refractivity contribution in [3.63, 3.8) is 0 Å². The molecule has 1 amide bonds. The Balaban J connectivity index is 1.45. The molecule has 0 bridgehead atoms. The Kier molecular flexibility index (Phi) is 5.62. The van der Waals surface area contributed by atoms with Gasteiger partial charge in [-0.3, -0.25) is 9.36 Å². The molecule has 7 nitrogen and oxygen atoms in total. The van der Waals surface area contributed by atoms with Crippen LogP contribution >= 0.6 is 11.8 Å². The fourth-order valence-electron chi connectivity index (χ4n) is 2.78. The van der Waals surface area contributed by atoms with Crippen molar-refractivity contribution < 1.29 is 13.6 Å². The van der Waals surface area contributed by atoms with E-state index in [4.69, 9.17) is 4.42 Å². The van der Waals surface area contributed by atoms with Gasteiger partial charge in [-0.2, -0.15) is 0 Å². The Bertz CT molecular complexity index is 1190. The maximum absolute atomic E-state index is 13.7. The number of carbonyl (C=O) groups is 1. The lowest BCUT2D eigenvalue weighted by molar-refractivity contribution is 0.102. The minimum absolute atomic E-state index is 0.0741. The second-order valence-electron chi connectivity index (χ2n) is 6.55. The maximum atomic E-state index is 13.7. The van der Waals surface area contributed by atoms with Crippen molar-refractivity contribution in [1.82, 2.24) is 19.7 Å². The van der Waals surface area contributed by atoms with Crippen LogP contribution in [0.3, 0.4) is 0 Å². The number of carbonyl (C=O) groups excluding carboxylic acids is 1. The molecular weight excluding hydrogens is 405 g/mol. The number of oxazole rings is 1. The van der Waals surface area contributed by atoms with Crippen LogP contribution in [-0.4, -0.2) is 25.7 Å². The minimum Gasteiger partial charge on any atom is -0.447 e. The van der Waals surface area contributed by atoms with Gasteiger partial charge < -0.3 is 9.73 Å². The molecule has 9 heteroatoms. The number of amides is 1. The van der Waals surface area contributed by atoms with Crippen LogP contribution in [0.1, 0.15) is 27.8 Å². The number of hydrogen-bond donors (Lipinski definition) is 1. The van der Waals surface area contributed by atoms with Gasteiger partial charge in [-0.05, 0) is 38.1 Å². The molecule has 1 N–H and O–H groups in total. The van der Waals surface area contributed by atoms with Crippen LogP contribution in [0.15, 0.2) is 64.4 Å². The number of hydrogen-bond acceptors (Lipinski definition) is 6. The first-order valence-electron chi connectivity index (χ1n) is 9.13. The van der Waals surface area contributed by atoms with Crippen LogP contribution in [0.25, 0.3) is 5.69 Å². The predicted molar refractivity (Wildman–Crippen MR) is 111 cm³/mol. The molecule has 2 aromatic heterocycles. The van der Waals surface area contributed by atoms with Gasteiger partial charge in [0, 0.05) is 5.69 Å². The molecule has 0 aliphatic carbocycles. The summed E-state index contributed by atoms with van der Waals surface area (Å²) in [6, 6.07) is 14.0. The van der Waals surface area contributed by atoms with E-state index in [1.54, 1.807) is 12.1 Å². The molecule has 0 saturated heterocycles. The summed E-state index contributed by atoms with van der Waals surface area (Å²) in [6.45, 7) is 3.91. The van der Waals surface area contributed by atoms with E-state index in [1.165, 1.54) is 35.7 Å². The molecule has 0 fully saturated rings. The highest BCUT2D eigenvalue weighted by atomic mass is 32.2. The minimum atomic E-state index is -0.543. The Morgan fingerprint density at radius 3 is 2.67 bits per heavy atom. The van der Waals surface area contributed by atoms with Gasteiger partial charge in [0.05, 0.1) is 11.4 Å². The quantitative estimate of drug-likeness (QED) is 0.458. The van der Waals surface area contributed by atoms with E-state index in [0.29, 0.717) is 16.8 Å². The zero-order valence-electron chi connectivity index (χ0n) is 16.3. The lowest BCUT2D eigenvalue weighted by Crippen LogP contribution is -2.13. The van der Waals surface area contributed by atoms with Crippen molar-refractivity contribution in [3.05, 3.63) is 83.6 Å². The van der Waals surface area contributed by atoms with Gasteiger partial charge in [-0.1, -0.05) is 41.6 Å². The molecule has 0 aliphatic rings. The summed E-state index contributed by atoms with van der Waals surface area (Å²) < 4.78 is 21.0. The first-order chi connectivity index (χ1) is 14.5. The second kappa shape index (κ2) is 8.50. The van der Waals surface area contributed by atoms with Crippen molar-refractivity contribution in [2.24, 2.45) is 0 Å². The van der Waals surface area contributed by atoms with Gasteiger partial charge in [0.2, 0.25) is 5.89 Å². The number of aromatic nitrogens is 4. The Morgan fingerprint density at radius 2 is 1.90 bits per heavy atom. The van der Waals surface area contributed by atoms with Crippen LogP contribution in [0.2, 0.25) is 0 Å². The average Bonchev–Trinajstić information content (AvgIpc) is 3.36. The van der Waals surface area contributed by atoms with Crippen LogP contribution < -0.4 is 5.32 Å². The number of para-hydroxylation sites is 1. The molecule has 2 heterocycles. The molecule has 4 aromatic rings. The Morgan fingerprint density at radius 1 is 1.13 bits per heavy atom. The topological polar surface area (TPSA) is 85.8 Å². The number of halogens is 1. The number of nitrogens with zero attached hydrogens (tertiary/aromatic N) is 4. The Hall–Kier alpha value is -3.46. The molecular formula is C21H18FN5O2S. The van der Waals surface area contributed by atoms with Crippen molar-refractivity contribution in [1.29, 1.82) is 0 Å². The maximum Gasteiger partial charge on any atom is 0.277 e. The smallest absolute Gasteiger partial charge is 0.277 e. The van der Waals surface area contributed by atoms with Crippen molar-refractivity contribution >= 4 is 23.4 Å². The first-order valence-corrected chi connectivity index (χ1v) is 10.1. The lowest BCUT2D eigenvalue weighted by Gasteiger charge is -2.08.